The maximum Gasteiger partial charge on any atom is 0.288 e. The summed E-state index contributed by atoms with van der Waals surface area (Å²) >= 11 is 0. The van der Waals surface area contributed by atoms with E-state index in [1.807, 2.05) is 0 Å². The number of carbonyl (C=O) groups excluding carboxylic acids is 1. The summed E-state index contributed by atoms with van der Waals surface area (Å²) in [6.07, 6.45) is -3.01. The standard InChI is InChI=1S/C16H22N6O6S/c1-18-29(26,27)10-4-2-9(3-5-10)6-19-7-11-12(23)13(24)16(28-11)22-8-20-15(21-22)14(17)25/h2-5,8,11-13,16,18-19,23-24H,6-7H2,1H3,(H2,17,25)/t11-,12-,13-,16-/m1/s1. The Morgan fingerprint density at radius 2 is 1.97 bits per heavy atom. The molecule has 1 aromatic carbocycles. The number of rotatable bonds is 8. The van der Waals surface area contributed by atoms with E-state index in [0.29, 0.717) is 6.54 Å². The normalized spacial score (nSPS) is 24.7. The molecule has 12 nitrogen and oxygen atoms in total. The van der Waals surface area contributed by atoms with Crippen LogP contribution in [0.2, 0.25) is 0 Å². The minimum absolute atomic E-state index is 0.160. The largest absolute Gasteiger partial charge is 0.387 e. The van der Waals surface area contributed by atoms with Crippen LogP contribution in [0.15, 0.2) is 35.5 Å². The van der Waals surface area contributed by atoms with Crippen molar-refractivity contribution in [2.45, 2.75) is 36.0 Å². The minimum Gasteiger partial charge on any atom is -0.387 e. The fraction of sp³-hybridized carbons (Fsp3) is 0.438. The molecule has 3 rings (SSSR count). The maximum absolute atomic E-state index is 11.7. The summed E-state index contributed by atoms with van der Waals surface area (Å²) in [6.45, 7) is 0.602. The van der Waals surface area contributed by atoms with Crippen molar-refractivity contribution in [1.29, 1.82) is 0 Å². The van der Waals surface area contributed by atoms with Crippen LogP contribution in [0.5, 0.6) is 0 Å². The third-order valence-electron chi connectivity index (χ3n) is 4.50. The highest BCUT2D eigenvalue weighted by Gasteiger charge is 2.44. The zero-order valence-corrected chi connectivity index (χ0v) is 16.3. The molecule has 2 heterocycles. The van der Waals surface area contributed by atoms with Crippen molar-refractivity contribution in [3.8, 4) is 0 Å². The lowest BCUT2D eigenvalue weighted by atomic mass is 10.1. The van der Waals surface area contributed by atoms with Crippen LogP contribution in [0.1, 0.15) is 22.4 Å². The van der Waals surface area contributed by atoms with Crippen molar-refractivity contribution >= 4 is 15.9 Å². The van der Waals surface area contributed by atoms with Gasteiger partial charge in [0.05, 0.1) is 4.90 Å². The van der Waals surface area contributed by atoms with Gasteiger partial charge in [0, 0.05) is 13.1 Å². The highest BCUT2D eigenvalue weighted by Crippen LogP contribution is 2.28. The quantitative estimate of drug-likeness (QED) is 0.310. The smallest absolute Gasteiger partial charge is 0.288 e. The highest BCUT2D eigenvalue weighted by atomic mass is 32.2. The molecule has 0 saturated carbocycles. The number of aliphatic hydroxyl groups excluding tert-OH is 2. The molecule has 0 radical (unpaired) electrons. The van der Waals surface area contributed by atoms with Crippen LogP contribution in [0.3, 0.4) is 0 Å². The molecular weight excluding hydrogens is 404 g/mol. The van der Waals surface area contributed by atoms with Gasteiger partial charge in [0.15, 0.2) is 6.23 Å². The number of aliphatic hydroxyl groups is 2. The topological polar surface area (TPSA) is 182 Å². The number of aromatic nitrogens is 3. The molecule has 158 valence electrons. The lowest BCUT2D eigenvalue weighted by Gasteiger charge is -2.15. The Kier molecular flexibility index (Phi) is 6.26. The van der Waals surface area contributed by atoms with Gasteiger partial charge >= 0.3 is 0 Å². The van der Waals surface area contributed by atoms with E-state index in [-0.39, 0.29) is 17.3 Å². The second-order valence-electron chi connectivity index (χ2n) is 6.44. The van der Waals surface area contributed by atoms with E-state index in [4.69, 9.17) is 10.5 Å². The zero-order chi connectivity index (χ0) is 21.2. The molecule has 1 amide bonds. The Morgan fingerprint density at radius 3 is 2.55 bits per heavy atom. The fourth-order valence-corrected chi connectivity index (χ4v) is 3.62. The van der Waals surface area contributed by atoms with Crippen LogP contribution in [-0.2, 0) is 21.3 Å². The van der Waals surface area contributed by atoms with Gasteiger partial charge in [-0.2, -0.15) is 0 Å². The maximum atomic E-state index is 11.7. The molecule has 0 aliphatic carbocycles. The van der Waals surface area contributed by atoms with Gasteiger partial charge in [-0.25, -0.2) is 22.8 Å². The molecule has 6 N–H and O–H groups in total. The Balaban J connectivity index is 1.56. The van der Waals surface area contributed by atoms with Crippen LogP contribution < -0.4 is 15.8 Å². The lowest BCUT2D eigenvalue weighted by Crippen LogP contribution is -2.37. The Bertz CT molecular complexity index is 963. The van der Waals surface area contributed by atoms with Gasteiger partial charge < -0.3 is 26.0 Å². The molecule has 1 aliphatic heterocycles. The fourth-order valence-electron chi connectivity index (χ4n) is 2.89. The van der Waals surface area contributed by atoms with Crippen LogP contribution in [0, 0.1) is 0 Å². The third kappa shape index (κ3) is 4.60. The molecule has 13 heteroatoms. The molecule has 2 aromatic rings. The molecular formula is C16H22N6O6S. The molecule has 1 aliphatic rings. The van der Waals surface area contributed by atoms with Crippen LogP contribution >= 0.6 is 0 Å². The van der Waals surface area contributed by atoms with Crippen molar-refractivity contribution in [3.63, 3.8) is 0 Å². The number of nitrogens with zero attached hydrogens (tertiary/aromatic N) is 3. The number of benzene rings is 1. The summed E-state index contributed by atoms with van der Waals surface area (Å²) < 4.78 is 32.5. The number of amides is 1. The van der Waals surface area contributed by atoms with Crippen LogP contribution in [0.25, 0.3) is 0 Å². The van der Waals surface area contributed by atoms with E-state index in [0.717, 1.165) is 10.2 Å². The van der Waals surface area contributed by atoms with Gasteiger partial charge in [0.1, 0.15) is 24.6 Å². The number of ether oxygens (including phenoxy) is 1. The second kappa shape index (κ2) is 8.52. The Labute approximate surface area is 166 Å². The monoisotopic (exact) mass is 426 g/mol. The lowest BCUT2D eigenvalue weighted by molar-refractivity contribution is -0.0439. The van der Waals surface area contributed by atoms with Gasteiger partial charge in [-0.05, 0) is 24.7 Å². The van der Waals surface area contributed by atoms with Gasteiger partial charge in [-0.1, -0.05) is 12.1 Å². The molecule has 1 aromatic heterocycles. The molecule has 0 spiro atoms. The predicted molar refractivity (Wildman–Crippen MR) is 98.9 cm³/mol. The van der Waals surface area contributed by atoms with E-state index in [1.54, 1.807) is 12.1 Å². The van der Waals surface area contributed by atoms with Crippen LogP contribution in [0.4, 0.5) is 0 Å². The van der Waals surface area contributed by atoms with Crippen molar-refractivity contribution in [3.05, 3.63) is 42.0 Å². The van der Waals surface area contributed by atoms with Crippen LogP contribution in [-0.4, -0.2) is 71.2 Å². The van der Waals surface area contributed by atoms with E-state index in [1.165, 1.54) is 25.5 Å². The van der Waals surface area contributed by atoms with E-state index >= 15 is 0 Å². The molecule has 1 fully saturated rings. The molecule has 4 atom stereocenters. The first kappa shape index (κ1) is 21.3. The average Bonchev–Trinajstić information content (AvgIpc) is 3.29. The number of hydrogen-bond donors (Lipinski definition) is 5. The number of nitrogens with two attached hydrogens (primary N) is 1. The average molecular weight is 426 g/mol. The SMILES string of the molecule is CNS(=O)(=O)c1ccc(CNC[C@H]2O[C@@H](n3cnc(C(N)=O)n3)[C@H](O)[C@@H]2O)cc1. The van der Waals surface area contributed by atoms with Crippen molar-refractivity contribution in [1.82, 2.24) is 24.8 Å². The molecule has 29 heavy (non-hydrogen) atoms. The molecule has 0 bridgehead atoms. The summed E-state index contributed by atoms with van der Waals surface area (Å²) in [4.78, 5) is 15.0. The van der Waals surface area contributed by atoms with E-state index < -0.39 is 40.5 Å². The van der Waals surface area contributed by atoms with Crippen molar-refractivity contribution in [2.24, 2.45) is 5.73 Å². The summed E-state index contributed by atoms with van der Waals surface area (Å²) in [7, 11) is -2.15. The van der Waals surface area contributed by atoms with E-state index in [2.05, 4.69) is 20.1 Å². The first-order valence-corrected chi connectivity index (χ1v) is 10.2. The number of primary amides is 1. The second-order valence-corrected chi connectivity index (χ2v) is 8.33. The summed E-state index contributed by atoms with van der Waals surface area (Å²) in [6, 6.07) is 6.32. The van der Waals surface area contributed by atoms with Gasteiger partial charge in [0.2, 0.25) is 15.8 Å². The van der Waals surface area contributed by atoms with Crippen molar-refractivity contribution in [2.75, 3.05) is 13.6 Å². The Morgan fingerprint density at radius 1 is 1.28 bits per heavy atom. The third-order valence-corrected chi connectivity index (χ3v) is 5.93. The number of sulfonamides is 1. The van der Waals surface area contributed by atoms with Crippen molar-refractivity contribution < 1.29 is 28.2 Å². The first-order valence-electron chi connectivity index (χ1n) is 8.68. The zero-order valence-electron chi connectivity index (χ0n) is 15.5. The summed E-state index contributed by atoms with van der Waals surface area (Å²) in [5, 5.41) is 27.3. The highest BCUT2D eigenvalue weighted by molar-refractivity contribution is 7.89. The number of hydrogen-bond acceptors (Lipinski definition) is 9. The van der Waals surface area contributed by atoms with Gasteiger partial charge in [0.25, 0.3) is 5.91 Å². The van der Waals surface area contributed by atoms with Gasteiger partial charge in [-0.15, -0.1) is 5.10 Å². The number of nitrogens with one attached hydrogen (secondary N) is 2. The first-order chi connectivity index (χ1) is 13.7. The molecule has 1 saturated heterocycles. The minimum atomic E-state index is -3.49. The van der Waals surface area contributed by atoms with E-state index in [9.17, 15) is 23.4 Å². The Hall–Kier alpha value is -2.42. The summed E-state index contributed by atoms with van der Waals surface area (Å²) in [5.74, 6) is -1.04. The summed E-state index contributed by atoms with van der Waals surface area (Å²) in [5.41, 5.74) is 5.93. The molecule has 0 unspecified atom stereocenters. The van der Waals surface area contributed by atoms with Gasteiger partial charge in [-0.3, -0.25) is 4.79 Å². The number of carbonyl (C=O) groups is 1. The predicted octanol–water partition coefficient (Wildman–Crippen LogP) is -2.31.